The van der Waals surface area contributed by atoms with Gasteiger partial charge in [0, 0.05) is 18.0 Å². The molecule has 1 unspecified atom stereocenters. The monoisotopic (exact) mass is 263 g/mol. The first-order valence-corrected chi connectivity index (χ1v) is 7.45. The zero-order chi connectivity index (χ0) is 14.5. The lowest BCUT2D eigenvalue weighted by Crippen LogP contribution is -2.43. The minimum Gasteiger partial charge on any atom is -0.336 e. The van der Waals surface area contributed by atoms with Crippen molar-refractivity contribution in [3.05, 3.63) is 24.3 Å². The minimum absolute atomic E-state index is 0.232. The van der Waals surface area contributed by atoms with Gasteiger partial charge in [-0.2, -0.15) is 0 Å². The highest BCUT2D eigenvalue weighted by atomic mass is 16.2. The number of carbonyl (C=O) groups excluding carboxylic acids is 1. The molecule has 2 heteroatoms. The maximum atomic E-state index is 12.4. The molecular formula is C17H29NO. The Hall–Kier alpha value is -1.05. The van der Waals surface area contributed by atoms with Gasteiger partial charge in [0.1, 0.15) is 0 Å². The summed E-state index contributed by atoms with van der Waals surface area (Å²) < 4.78 is 0. The Kier molecular flexibility index (Phi) is 5.84. The molecule has 1 atom stereocenters. The fourth-order valence-corrected chi connectivity index (χ4v) is 2.32. The first-order valence-electron chi connectivity index (χ1n) is 7.45. The van der Waals surface area contributed by atoms with Crippen LogP contribution in [0.15, 0.2) is 24.3 Å². The number of amides is 1. The van der Waals surface area contributed by atoms with Crippen molar-refractivity contribution in [3.8, 4) is 0 Å². The molecule has 1 aliphatic rings. The molecule has 1 aliphatic carbocycles. The SMILES string of the molecule is CC(C)N(CC=CC1CC=CCC1)C(=O)C(C)(C)C. The number of carbonyl (C=O) groups is 1. The van der Waals surface area contributed by atoms with Crippen molar-refractivity contribution >= 4 is 5.91 Å². The third-order valence-corrected chi connectivity index (χ3v) is 3.55. The maximum absolute atomic E-state index is 12.4. The van der Waals surface area contributed by atoms with E-state index < -0.39 is 0 Å². The summed E-state index contributed by atoms with van der Waals surface area (Å²) in [5.41, 5.74) is -0.300. The Bertz CT molecular complexity index is 347. The number of nitrogens with zero attached hydrogens (tertiary/aromatic N) is 1. The molecule has 0 bridgehead atoms. The highest BCUT2D eigenvalue weighted by Crippen LogP contribution is 2.21. The zero-order valence-corrected chi connectivity index (χ0v) is 13.1. The average Bonchev–Trinajstić information content (AvgIpc) is 2.33. The van der Waals surface area contributed by atoms with Crippen molar-refractivity contribution in [1.82, 2.24) is 4.90 Å². The zero-order valence-electron chi connectivity index (χ0n) is 13.1. The van der Waals surface area contributed by atoms with Gasteiger partial charge in [-0.25, -0.2) is 0 Å². The Morgan fingerprint density at radius 2 is 2.05 bits per heavy atom. The number of allylic oxidation sites excluding steroid dienone is 3. The second-order valence-electron chi connectivity index (χ2n) is 6.77. The lowest BCUT2D eigenvalue weighted by molar-refractivity contribution is -0.140. The molecule has 0 fully saturated rings. The van der Waals surface area contributed by atoms with E-state index in [4.69, 9.17) is 0 Å². The van der Waals surface area contributed by atoms with Crippen LogP contribution >= 0.6 is 0 Å². The van der Waals surface area contributed by atoms with Crippen LogP contribution in [0, 0.1) is 11.3 Å². The van der Waals surface area contributed by atoms with Gasteiger partial charge in [0.15, 0.2) is 0 Å². The van der Waals surface area contributed by atoms with E-state index in [9.17, 15) is 4.79 Å². The van der Waals surface area contributed by atoms with E-state index >= 15 is 0 Å². The molecule has 0 aromatic heterocycles. The molecule has 0 saturated heterocycles. The first-order chi connectivity index (χ1) is 8.82. The van der Waals surface area contributed by atoms with Crippen molar-refractivity contribution in [2.75, 3.05) is 6.54 Å². The summed E-state index contributed by atoms with van der Waals surface area (Å²) in [5.74, 6) is 0.888. The molecule has 2 nitrogen and oxygen atoms in total. The molecule has 0 spiro atoms. The predicted octanol–water partition coefficient (Wildman–Crippen LogP) is 4.18. The van der Waals surface area contributed by atoms with Crippen LogP contribution in [0.5, 0.6) is 0 Å². The smallest absolute Gasteiger partial charge is 0.228 e. The molecule has 19 heavy (non-hydrogen) atoms. The Labute approximate surface area is 118 Å². The van der Waals surface area contributed by atoms with Crippen molar-refractivity contribution in [2.24, 2.45) is 11.3 Å². The van der Waals surface area contributed by atoms with Gasteiger partial charge < -0.3 is 4.90 Å². The fraction of sp³-hybridized carbons (Fsp3) is 0.706. The van der Waals surface area contributed by atoms with Gasteiger partial charge >= 0.3 is 0 Å². The molecule has 0 saturated carbocycles. The molecule has 108 valence electrons. The van der Waals surface area contributed by atoms with Crippen molar-refractivity contribution in [1.29, 1.82) is 0 Å². The molecule has 0 heterocycles. The third-order valence-electron chi connectivity index (χ3n) is 3.55. The highest BCUT2D eigenvalue weighted by molar-refractivity contribution is 5.81. The topological polar surface area (TPSA) is 20.3 Å². The maximum Gasteiger partial charge on any atom is 0.228 e. The summed E-state index contributed by atoms with van der Waals surface area (Å²) in [6.07, 6.45) is 12.5. The molecule has 1 amide bonds. The second-order valence-corrected chi connectivity index (χ2v) is 6.77. The first kappa shape index (κ1) is 16.0. The Morgan fingerprint density at radius 3 is 2.53 bits per heavy atom. The van der Waals surface area contributed by atoms with E-state index in [0.717, 1.165) is 13.0 Å². The molecule has 0 N–H and O–H groups in total. The standard InChI is InChI=1S/C17H29NO/c1-14(2)18(16(19)17(3,4)5)13-9-12-15-10-7-6-8-11-15/h6-7,9,12,14-15H,8,10-11,13H2,1-5H3. The molecule has 0 radical (unpaired) electrons. The van der Waals surface area contributed by atoms with Gasteiger partial charge in [0.2, 0.25) is 5.91 Å². The van der Waals surface area contributed by atoms with Gasteiger partial charge in [-0.1, -0.05) is 45.1 Å². The van der Waals surface area contributed by atoms with Gasteiger partial charge in [-0.3, -0.25) is 4.79 Å². The van der Waals surface area contributed by atoms with Gasteiger partial charge in [0.25, 0.3) is 0 Å². The molecule has 0 aromatic carbocycles. The lowest BCUT2D eigenvalue weighted by atomic mass is 9.93. The largest absolute Gasteiger partial charge is 0.336 e. The molecular weight excluding hydrogens is 234 g/mol. The summed E-state index contributed by atoms with van der Waals surface area (Å²) in [5, 5.41) is 0. The summed E-state index contributed by atoms with van der Waals surface area (Å²) in [7, 11) is 0. The molecule has 1 rings (SSSR count). The van der Waals surface area contributed by atoms with Gasteiger partial charge in [-0.15, -0.1) is 0 Å². The van der Waals surface area contributed by atoms with Crippen LogP contribution in [0.1, 0.15) is 53.9 Å². The minimum atomic E-state index is -0.300. The number of hydrogen-bond acceptors (Lipinski definition) is 1. The van der Waals surface area contributed by atoms with Gasteiger partial charge in [0.05, 0.1) is 0 Å². The fourth-order valence-electron chi connectivity index (χ4n) is 2.32. The van der Waals surface area contributed by atoms with Gasteiger partial charge in [-0.05, 0) is 39.0 Å². The highest BCUT2D eigenvalue weighted by Gasteiger charge is 2.27. The van der Waals surface area contributed by atoms with E-state index in [-0.39, 0.29) is 17.4 Å². The number of rotatable bonds is 4. The van der Waals surface area contributed by atoms with Crippen molar-refractivity contribution < 1.29 is 4.79 Å². The summed E-state index contributed by atoms with van der Waals surface area (Å²) in [6, 6.07) is 0.252. The van der Waals surface area contributed by atoms with Crippen LogP contribution in [0.25, 0.3) is 0 Å². The van der Waals surface area contributed by atoms with E-state index in [2.05, 4.69) is 38.2 Å². The van der Waals surface area contributed by atoms with E-state index in [0.29, 0.717) is 5.92 Å². The third kappa shape index (κ3) is 5.22. The van der Waals surface area contributed by atoms with Crippen LogP contribution in [-0.4, -0.2) is 23.4 Å². The van der Waals surface area contributed by atoms with Crippen LogP contribution in [0.3, 0.4) is 0 Å². The van der Waals surface area contributed by atoms with Crippen molar-refractivity contribution in [2.45, 2.75) is 59.9 Å². The quantitative estimate of drug-likeness (QED) is 0.697. The number of hydrogen-bond donors (Lipinski definition) is 0. The van der Waals surface area contributed by atoms with Crippen LogP contribution in [0.4, 0.5) is 0 Å². The second kappa shape index (κ2) is 6.93. The lowest BCUT2D eigenvalue weighted by Gasteiger charge is -2.32. The van der Waals surface area contributed by atoms with Crippen LogP contribution < -0.4 is 0 Å². The Morgan fingerprint density at radius 1 is 1.37 bits per heavy atom. The van der Waals surface area contributed by atoms with Crippen molar-refractivity contribution in [3.63, 3.8) is 0 Å². The summed E-state index contributed by atoms with van der Waals surface area (Å²) in [4.78, 5) is 14.3. The normalized spacial score (nSPS) is 20.2. The average molecular weight is 263 g/mol. The molecule has 0 aliphatic heterocycles. The van der Waals surface area contributed by atoms with E-state index in [1.165, 1.54) is 12.8 Å². The summed E-state index contributed by atoms with van der Waals surface area (Å²) >= 11 is 0. The summed E-state index contributed by atoms with van der Waals surface area (Å²) in [6.45, 7) is 10.9. The molecule has 0 aromatic rings. The van der Waals surface area contributed by atoms with E-state index in [1.54, 1.807) is 0 Å². The van der Waals surface area contributed by atoms with Crippen LogP contribution in [0.2, 0.25) is 0 Å². The Balaban J connectivity index is 2.57. The van der Waals surface area contributed by atoms with E-state index in [1.807, 2.05) is 25.7 Å². The predicted molar refractivity (Wildman–Crippen MR) is 81.9 cm³/mol. The van der Waals surface area contributed by atoms with Crippen LogP contribution in [-0.2, 0) is 4.79 Å².